The number of carbonyl (C=O) groups excluding carboxylic acids is 3. The second-order valence-corrected chi connectivity index (χ2v) is 9.62. The third-order valence-electron chi connectivity index (χ3n) is 5.65. The highest BCUT2D eigenvalue weighted by atomic mass is 35.5. The van der Waals surface area contributed by atoms with Crippen molar-refractivity contribution in [3.05, 3.63) is 92.8 Å². The zero-order valence-corrected chi connectivity index (χ0v) is 22.1. The van der Waals surface area contributed by atoms with Gasteiger partial charge in [-0.05, 0) is 60.2 Å². The van der Waals surface area contributed by atoms with Crippen LogP contribution in [0.25, 0.3) is 6.08 Å². The van der Waals surface area contributed by atoms with E-state index in [4.69, 9.17) is 21.1 Å². The predicted molar refractivity (Wildman–Crippen MR) is 146 cm³/mol. The number of aryl methyl sites for hydroxylation is 1. The van der Waals surface area contributed by atoms with Crippen molar-refractivity contribution in [2.24, 2.45) is 0 Å². The first-order chi connectivity index (χ1) is 18.3. The average molecular weight is 548 g/mol. The third-order valence-corrected chi connectivity index (χ3v) is 6.84. The summed E-state index contributed by atoms with van der Waals surface area (Å²) in [5, 5.41) is 11.7. The van der Waals surface area contributed by atoms with E-state index in [0.29, 0.717) is 28.1 Å². The van der Waals surface area contributed by atoms with Crippen LogP contribution in [0.1, 0.15) is 22.3 Å². The number of para-hydroxylation sites is 1. The number of nitrogens with one attached hydrogen (secondary N) is 1. The summed E-state index contributed by atoms with van der Waals surface area (Å²) in [6.07, 6.45) is 1.51. The van der Waals surface area contributed by atoms with Gasteiger partial charge in [0.1, 0.15) is 13.2 Å². The number of nitrogens with zero attached hydrogens (tertiary/aromatic N) is 2. The van der Waals surface area contributed by atoms with Gasteiger partial charge in [0.05, 0.1) is 28.7 Å². The van der Waals surface area contributed by atoms with Gasteiger partial charge in [0.15, 0.2) is 11.5 Å². The normalized spacial score (nSPS) is 13.9. The van der Waals surface area contributed by atoms with Crippen LogP contribution in [0.3, 0.4) is 0 Å². The number of nitriles is 1. The van der Waals surface area contributed by atoms with E-state index < -0.39 is 23.6 Å². The summed E-state index contributed by atoms with van der Waals surface area (Å²) in [7, 11) is 1.45. The van der Waals surface area contributed by atoms with Gasteiger partial charge in [-0.3, -0.25) is 19.3 Å². The number of halogens is 1. The molecular weight excluding hydrogens is 526 g/mol. The van der Waals surface area contributed by atoms with Gasteiger partial charge in [-0.15, -0.1) is 0 Å². The van der Waals surface area contributed by atoms with E-state index in [9.17, 15) is 19.6 Å². The molecule has 3 amide bonds. The Bertz CT molecular complexity index is 1500. The average Bonchev–Trinajstić information content (AvgIpc) is 3.16. The number of hydrogen-bond acceptors (Lipinski definition) is 7. The molecule has 1 N–H and O–H groups in total. The largest absolute Gasteiger partial charge is 0.493 e. The molecule has 0 aliphatic carbocycles. The number of amides is 3. The maximum absolute atomic E-state index is 12.9. The van der Waals surface area contributed by atoms with E-state index >= 15 is 0 Å². The zero-order chi connectivity index (χ0) is 27.2. The third kappa shape index (κ3) is 5.99. The molecule has 10 heteroatoms. The van der Waals surface area contributed by atoms with E-state index in [1.54, 1.807) is 48.5 Å². The lowest BCUT2D eigenvalue weighted by atomic mass is 10.1. The Balaban J connectivity index is 1.49. The molecule has 1 saturated heterocycles. The molecule has 38 heavy (non-hydrogen) atoms. The Labute approximate surface area is 228 Å². The Morgan fingerprint density at radius 3 is 2.63 bits per heavy atom. The molecule has 0 atom stereocenters. The van der Waals surface area contributed by atoms with E-state index in [1.807, 2.05) is 19.1 Å². The molecule has 0 bridgehead atoms. The number of thioether (sulfide) groups is 1. The van der Waals surface area contributed by atoms with Crippen LogP contribution in [0.15, 0.2) is 65.6 Å². The molecule has 3 aromatic rings. The van der Waals surface area contributed by atoms with Gasteiger partial charge in [-0.2, -0.15) is 5.26 Å². The molecule has 4 rings (SSSR count). The van der Waals surface area contributed by atoms with Crippen LogP contribution in [0.2, 0.25) is 5.02 Å². The van der Waals surface area contributed by atoms with Gasteiger partial charge in [-0.25, -0.2) is 0 Å². The SMILES string of the molecule is COc1cc(/C=C2\SC(=O)N(CC(=O)Nc3ccccc3C)C2=O)cc(Cl)c1OCc1ccccc1C#N. The minimum absolute atomic E-state index is 0.0998. The van der Waals surface area contributed by atoms with E-state index in [2.05, 4.69) is 11.4 Å². The van der Waals surface area contributed by atoms with Gasteiger partial charge in [0, 0.05) is 11.3 Å². The molecule has 8 nitrogen and oxygen atoms in total. The predicted octanol–water partition coefficient (Wildman–Crippen LogP) is 5.78. The number of hydrogen-bond donors (Lipinski definition) is 1. The van der Waals surface area contributed by atoms with Crippen molar-refractivity contribution in [3.63, 3.8) is 0 Å². The Hall–Kier alpha value is -4.26. The topological polar surface area (TPSA) is 109 Å². The Morgan fingerprint density at radius 1 is 1.16 bits per heavy atom. The molecule has 0 saturated carbocycles. The minimum Gasteiger partial charge on any atom is -0.493 e. The van der Waals surface area contributed by atoms with Crippen LogP contribution in [-0.4, -0.2) is 35.6 Å². The molecule has 1 aliphatic heterocycles. The first kappa shape index (κ1) is 26.8. The highest BCUT2D eigenvalue weighted by Crippen LogP contribution is 2.39. The number of rotatable bonds is 8. The van der Waals surface area contributed by atoms with Gasteiger partial charge in [-0.1, -0.05) is 48.0 Å². The molecule has 1 fully saturated rings. The summed E-state index contributed by atoms with van der Waals surface area (Å²) in [5.41, 5.74) is 3.16. The van der Waals surface area contributed by atoms with Gasteiger partial charge in [0.2, 0.25) is 5.91 Å². The van der Waals surface area contributed by atoms with Crippen molar-refractivity contribution in [1.29, 1.82) is 5.26 Å². The van der Waals surface area contributed by atoms with Crippen molar-refractivity contribution < 1.29 is 23.9 Å². The van der Waals surface area contributed by atoms with Crippen molar-refractivity contribution in [1.82, 2.24) is 4.90 Å². The number of ether oxygens (including phenoxy) is 2. The fourth-order valence-corrected chi connectivity index (χ4v) is 4.81. The quantitative estimate of drug-likeness (QED) is 0.356. The molecular formula is C28H22ClN3O5S. The fraction of sp³-hybridized carbons (Fsp3) is 0.143. The monoisotopic (exact) mass is 547 g/mol. The summed E-state index contributed by atoms with van der Waals surface area (Å²) in [4.78, 5) is 39.0. The maximum atomic E-state index is 12.9. The number of imide groups is 1. The maximum Gasteiger partial charge on any atom is 0.294 e. The molecule has 1 aliphatic rings. The Kier molecular flexibility index (Phi) is 8.36. The van der Waals surface area contributed by atoms with Crippen molar-refractivity contribution in [2.45, 2.75) is 13.5 Å². The van der Waals surface area contributed by atoms with Crippen LogP contribution in [0.5, 0.6) is 11.5 Å². The van der Waals surface area contributed by atoms with Crippen molar-refractivity contribution >= 4 is 52.2 Å². The van der Waals surface area contributed by atoms with Crippen LogP contribution in [0, 0.1) is 18.3 Å². The first-order valence-electron chi connectivity index (χ1n) is 11.4. The van der Waals surface area contributed by atoms with Crippen LogP contribution in [0.4, 0.5) is 10.5 Å². The summed E-state index contributed by atoms with van der Waals surface area (Å²) >= 11 is 7.21. The zero-order valence-electron chi connectivity index (χ0n) is 20.5. The summed E-state index contributed by atoms with van der Waals surface area (Å²) in [6.45, 7) is 1.54. The lowest BCUT2D eigenvalue weighted by Gasteiger charge is -2.14. The summed E-state index contributed by atoms with van der Waals surface area (Å²) in [5.74, 6) is -0.467. The minimum atomic E-state index is -0.580. The Morgan fingerprint density at radius 2 is 1.89 bits per heavy atom. The summed E-state index contributed by atoms with van der Waals surface area (Å²) in [6, 6.07) is 19.6. The summed E-state index contributed by atoms with van der Waals surface area (Å²) < 4.78 is 11.3. The number of methoxy groups -OCH3 is 1. The molecule has 0 unspecified atom stereocenters. The standard InChI is InChI=1S/C28H22ClN3O5S/c1-17-7-3-6-10-22(17)31-25(33)15-32-27(34)24(38-28(32)35)13-18-11-21(29)26(23(12-18)36-2)37-16-20-9-5-4-8-19(20)14-30/h3-13H,15-16H2,1-2H3,(H,31,33)/b24-13-. The van der Waals surface area contributed by atoms with E-state index in [0.717, 1.165) is 22.2 Å². The lowest BCUT2D eigenvalue weighted by Crippen LogP contribution is -2.36. The number of benzene rings is 3. The molecule has 3 aromatic carbocycles. The highest BCUT2D eigenvalue weighted by molar-refractivity contribution is 8.18. The molecule has 1 heterocycles. The second-order valence-electron chi connectivity index (χ2n) is 8.22. The molecule has 0 aromatic heterocycles. The van der Waals surface area contributed by atoms with Gasteiger partial charge >= 0.3 is 0 Å². The van der Waals surface area contributed by atoms with E-state index in [1.165, 1.54) is 13.2 Å². The lowest BCUT2D eigenvalue weighted by molar-refractivity contribution is -0.127. The molecule has 0 spiro atoms. The molecule has 192 valence electrons. The smallest absolute Gasteiger partial charge is 0.294 e. The van der Waals surface area contributed by atoms with Gasteiger partial charge in [0.25, 0.3) is 11.1 Å². The van der Waals surface area contributed by atoms with Crippen LogP contribution >= 0.6 is 23.4 Å². The first-order valence-corrected chi connectivity index (χ1v) is 12.6. The molecule has 0 radical (unpaired) electrons. The number of anilines is 1. The highest BCUT2D eigenvalue weighted by Gasteiger charge is 2.36. The number of carbonyl (C=O) groups is 3. The fourth-order valence-electron chi connectivity index (χ4n) is 3.70. The van der Waals surface area contributed by atoms with Crippen LogP contribution in [-0.2, 0) is 16.2 Å². The second kappa shape index (κ2) is 11.9. The van der Waals surface area contributed by atoms with E-state index in [-0.39, 0.29) is 22.3 Å². The van der Waals surface area contributed by atoms with Crippen molar-refractivity contribution in [3.8, 4) is 17.6 Å². The van der Waals surface area contributed by atoms with Crippen LogP contribution < -0.4 is 14.8 Å². The van der Waals surface area contributed by atoms with Gasteiger partial charge < -0.3 is 14.8 Å². The van der Waals surface area contributed by atoms with Crippen molar-refractivity contribution in [2.75, 3.05) is 19.0 Å².